The molecule has 0 fully saturated rings. The van der Waals surface area contributed by atoms with E-state index >= 15 is 0 Å². The van der Waals surface area contributed by atoms with Crippen molar-refractivity contribution < 1.29 is 4.39 Å². The molecule has 0 spiro atoms. The Morgan fingerprint density at radius 3 is 2.88 bits per heavy atom. The maximum atomic E-state index is 12.9. The molecule has 1 heterocycles. The molecule has 0 aliphatic carbocycles. The second-order valence-electron chi connectivity index (χ2n) is 3.75. The summed E-state index contributed by atoms with van der Waals surface area (Å²) in [6.07, 6.45) is 1.02. The van der Waals surface area contributed by atoms with Crippen molar-refractivity contribution in [2.24, 2.45) is 0 Å². The largest absolute Gasteiger partial charge is 0.312 e. The first-order valence-corrected chi connectivity index (χ1v) is 6.68. The molecule has 1 aromatic heterocycles. The van der Waals surface area contributed by atoms with Gasteiger partial charge in [0.1, 0.15) is 5.82 Å². The van der Waals surface area contributed by atoms with Crippen LogP contribution in [0.25, 0.3) is 0 Å². The van der Waals surface area contributed by atoms with E-state index in [1.165, 1.54) is 10.9 Å². The fourth-order valence-corrected chi connectivity index (χ4v) is 2.46. The number of nitrogens with one attached hydrogen (secondary N) is 1. The summed E-state index contributed by atoms with van der Waals surface area (Å²) >= 11 is 7.47. The second-order valence-corrected chi connectivity index (χ2v) is 5.19. The fourth-order valence-electron chi connectivity index (χ4n) is 1.55. The van der Waals surface area contributed by atoms with Gasteiger partial charge in [0.2, 0.25) is 0 Å². The SMILES string of the molecule is Fc1ccc(CNCCc2cccs2)cc1Cl. The lowest BCUT2D eigenvalue weighted by Crippen LogP contribution is -2.16. The monoisotopic (exact) mass is 269 g/mol. The molecule has 0 saturated heterocycles. The van der Waals surface area contributed by atoms with Crippen LogP contribution in [-0.4, -0.2) is 6.54 Å². The second kappa shape index (κ2) is 6.15. The highest BCUT2D eigenvalue weighted by atomic mass is 35.5. The van der Waals surface area contributed by atoms with Crippen molar-refractivity contribution in [1.29, 1.82) is 0 Å². The van der Waals surface area contributed by atoms with Crippen LogP contribution >= 0.6 is 22.9 Å². The maximum Gasteiger partial charge on any atom is 0.141 e. The molecule has 0 aliphatic heterocycles. The van der Waals surface area contributed by atoms with Crippen LogP contribution in [-0.2, 0) is 13.0 Å². The fraction of sp³-hybridized carbons (Fsp3) is 0.231. The number of hydrogen-bond acceptors (Lipinski definition) is 2. The zero-order valence-electron chi connectivity index (χ0n) is 9.25. The third-order valence-electron chi connectivity index (χ3n) is 2.44. The van der Waals surface area contributed by atoms with Crippen molar-refractivity contribution in [3.8, 4) is 0 Å². The minimum atomic E-state index is -0.367. The van der Waals surface area contributed by atoms with Crippen molar-refractivity contribution in [2.75, 3.05) is 6.54 Å². The Bertz CT molecular complexity index is 470. The molecule has 0 unspecified atom stereocenters. The minimum Gasteiger partial charge on any atom is -0.312 e. The Balaban J connectivity index is 1.76. The molecule has 0 atom stereocenters. The van der Waals surface area contributed by atoms with Gasteiger partial charge in [-0.2, -0.15) is 0 Å². The summed E-state index contributed by atoms with van der Waals surface area (Å²) in [7, 11) is 0. The molecular formula is C13H13ClFNS. The number of benzene rings is 1. The highest BCUT2D eigenvalue weighted by Crippen LogP contribution is 2.15. The Labute approximate surface area is 109 Å². The Kier molecular flexibility index (Phi) is 4.54. The lowest BCUT2D eigenvalue weighted by Gasteiger charge is -2.05. The van der Waals surface area contributed by atoms with Crippen LogP contribution in [0.5, 0.6) is 0 Å². The van der Waals surface area contributed by atoms with Crippen LogP contribution in [0, 0.1) is 5.82 Å². The van der Waals surface area contributed by atoms with Crippen LogP contribution in [0.4, 0.5) is 4.39 Å². The van der Waals surface area contributed by atoms with Gasteiger partial charge < -0.3 is 5.32 Å². The van der Waals surface area contributed by atoms with Gasteiger partial charge >= 0.3 is 0 Å². The van der Waals surface area contributed by atoms with E-state index < -0.39 is 0 Å². The van der Waals surface area contributed by atoms with E-state index in [2.05, 4.69) is 22.8 Å². The summed E-state index contributed by atoms with van der Waals surface area (Å²) in [6.45, 7) is 1.63. The molecule has 0 saturated carbocycles. The number of hydrogen-bond donors (Lipinski definition) is 1. The molecule has 0 aliphatic rings. The van der Waals surface area contributed by atoms with Gasteiger partial charge in [-0.15, -0.1) is 11.3 Å². The van der Waals surface area contributed by atoms with Crippen molar-refractivity contribution in [1.82, 2.24) is 5.32 Å². The van der Waals surface area contributed by atoms with E-state index in [1.54, 1.807) is 23.5 Å². The Morgan fingerprint density at radius 1 is 1.29 bits per heavy atom. The number of rotatable bonds is 5. The molecule has 0 bridgehead atoms. The molecule has 1 aromatic carbocycles. The molecule has 0 amide bonds. The van der Waals surface area contributed by atoms with E-state index in [4.69, 9.17) is 11.6 Å². The predicted octanol–water partition coefficient (Wildman–Crippen LogP) is 3.87. The molecule has 2 aromatic rings. The maximum absolute atomic E-state index is 12.9. The molecule has 90 valence electrons. The van der Waals surface area contributed by atoms with Gasteiger partial charge in [0.25, 0.3) is 0 Å². The number of halogens is 2. The first-order chi connectivity index (χ1) is 8.25. The molecule has 2 rings (SSSR count). The van der Waals surface area contributed by atoms with Gasteiger partial charge in [0.15, 0.2) is 0 Å². The van der Waals surface area contributed by atoms with Crippen LogP contribution in [0.15, 0.2) is 35.7 Å². The van der Waals surface area contributed by atoms with Crippen molar-refractivity contribution >= 4 is 22.9 Å². The molecule has 1 N–H and O–H groups in total. The third kappa shape index (κ3) is 3.80. The zero-order valence-corrected chi connectivity index (χ0v) is 10.8. The van der Waals surface area contributed by atoms with Gasteiger partial charge in [-0.3, -0.25) is 0 Å². The topological polar surface area (TPSA) is 12.0 Å². The highest BCUT2D eigenvalue weighted by molar-refractivity contribution is 7.09. The van der Waals surface area contributed by atoms with Gasteiger partial charge in [-0.25, -0.2) is 4.39 Å². The molecular weight excluding hydrogens is 257 g/mol. The van der Waals surface area contributed by atoms with Crippen LogP contribution in [0.2, 0.25) is 5.02 Å². The normalized spacial score (nSPS) is 10.7. The van der Waals surface area contributed by atoms with Crippen molar-refractivity contribution in [3.05, 3.63) is 57.0 Å². The molecule has 4 heteroatoms. The van der Waals surface area contributed by atoms with Crippen LogP contribution in [0.1, 0.15) is 10.4 Å². The van der Waals surface area contributed by atoms with Gasteiger partial charge in [-0.1, -0.05) is 23.7 Å². The Morgan fingerprint density at radius 2 is 2.18 bits per heavy atom. The molecule has 0 radical (unpaired) electrons. The average Bonchev–Trinajstić information content (AvgIpc) is 2.82. The Hall–Kier alpha value is -0.900. The average molecular weight is 270 g/mol. The predicted molar refractivity (Wildman–Crippen MR) is 71.1 cm³/mol. The molecule has 1 nitrogen and oxygen atoms in total. The summed E-state index contributed by atoms with van der Waals surface area (Å²) in [4.78, 5) is 1.37. The number of thiophene rings is 1. The summed E-state index contributed by atoms with van der Waals surface area (Å²) in [6, 6.07) is 8.99. The first kappa shape index (κ1) is 12.6. The van der Waals surface area contributed by atoms with Crippen LogP contribution in [0.3, 0.4) is 0 Å². The highest BCUT2D eigenvalue weighted by Gasteiger charge is 2.00. The van der Waals surface area contributed by atoms with E-state index in [0.717, 1.165) is 18.5 Å². The van der Waals surface area contributed by atoms with Crippen molar-refractivity contribution in [3.63, 3.8) is 0 Å². The van der Waals surface area contributed by atoms with Crippen LogP contribution < -0.4 is 5.32 Å². The summed E-state index contributed by atoms with van der Waals surface area (Å²) in [5.41, 5.74) is 1.00. The van der Waals surface area contributed by atoms with E-state index in [9.17, 15) is 4.39 Å². The summed E-state index contributed by atoms with van der Waals surface area (Å²) in [5.74, 6) is -0.367. The summed E-state index contributed by atoms with van der Waals surface area (Å²) < 4.78 is 12.9. The van der Waals surface area contributed by atoms with E-state index in [-0.39, 0.29) is 10.8 Å². The lowest BCUT2D eigenvalue weighted by molar-refractivity contribution is 0.625. The zero-order chi connectivity index (χ0) is 12.1. The summed E-state index contributed by atoms with van der Waals surface area (Å²) in [5, 5.41) is 5.57. The lowest BCUT2D eigenvalue weighted by atomic mass is 10.2. The van der Waals surface area contributed by atoms with E-state index in [0.29, 0.717) is 6.54 Å². The minimum absolute atomic E-state index is 0.183. The smallest absolute Gasteiger partial charge is 0.141 e. The first-order valence-electron chi connectivity index (χ1n) is 5.43. The third-order valence-corrected chi connectivity index (χ3v) is 3.67. The van der Waals surface area contributed by atoms with Crippen molar-refractivity contribution in [2.45, 2.75) is 13.0 Å². The van der Waals surface area contributed by atoms with E-state index in [1.807, 2.05) is 0 Å². The van der Waals surface area contributed by atoms with Gasteiger partial charge in [-0.05, 0) is 35.6 Å². The van der Waals surface area contributed by atoms with Gasteiger partial charge in [0.05, 0.1) is 5.02 Å². The molecule has 17 heavy (non-hydrogen) atoms. The quantitative estimate of drug-likeness (QED) is 0.813. The standard InChI is InChI=1S/C13H13ClFNS/c14-12-8-10(3-4-13(12)15)9-16-6-5-11-2-1-7-17-11/h1-4,7-8,16H,5-6,9H2. The van der Waals surface area contributed by atoms with Gasteiger partial charge in [0, 0.05) is 18.0 Å².